The third-order valence-electron chi connectivity index (χ3n) is 13.3. The third kappa shape index (κ3) is 8.34. The number of aromatic amines is 2. The van der Waals surface area contributed by atoms with Crippen LogP contribution < -0.4 is 19.5 Å². The summed E-state index contributed by atoms with van der Waals surface area (Å²) in [5, 5.41) is 14.9. The van der Waals surface area contributed by atoms with E-state index in [1.807, 2.05) is 74.5 Å². The second-order valence-electron chi connectivity index (χ2n) is 17.7. The van der Waals surface area contributed by atoms with Gasteiger partial charge < -0.3 is 19.4 Å². The van der Waals surface area contributed by atoms with Gasteiger partial charge in [-0.1, -0.05) is 72.8 Å². The van der Waals surface area contributed by atoms with Crippen molar-refractivity contribution in [3.8, 4) is 45.4 Å². The highest BCUT2D eigenvalue weighted by Crippen LogP contribution is 2.41. The van der Waals surface area contributed by atoms with E-state index in [0.717, 1.165) is 114 Å². The molecule has 0 bridgehead atoms. The molecule has 0 saturated carbocycles. The number of nitrogens with one attached hydrogen (secondary N) is 2. The molecule has 70 heavy (non-hydrogen) atoms. The number of nitrogens with zero attached hydrogens (tertiary/aromatic N) is 6. The second kappa shape index (κ2) is 18.4. The maximum absolute atomic E-state index is 5.76. The molecule has 10 heteroatoms. The smallest absolute Gasteiger partial charge is 0.138 e. The Morgan fingerprint density at radius 1 is 0.414 bits per heavy atom. The molecule has 8 aromatic carbocycles. The zero-order chi connectivity index (χ0) is 47.0. The van der Waals surface area contributed by atoms with Gasteiger partial charge in [0.15, 0.2) is 0 Å². The van der Waals surface area contributed by atoms with E-state index < -0.39 is 0 Å². The molecule has 12 rings (SSSR count). The average molecular weight is 915 g/mol. The van der Waals surface area contributed by atoms with Crippen LogP contribution in [0.3, 0.4) is 0 Å². The van der Waals surface area contributed by atoms with Crippen LogP contribution in [0.25, 0.3) is 56.0 Å². The number of hydrogen-bond acceptors (Lipinski definition) is 8. The highest BCUT2D eigenvalue weighted by Gasteiger charge is 2.32. The normalized spacial score (nSPS) is 15.7. The summed E-state index contributed by atoms with van der Waals surface area (Å²) in [6.45, 7) is 5.26. The van der Waals surface area contributed by atoms with Crippen LogP contribution in [0.5, 0.6) is 11.5 Å². The van der Waals surface area contributed by atoms with E-state index in [-0.39, 0.29) is 12.1 Å². The molecule has 0 radical (unpaired) electrons. The van der Waals surface area contributed by atoms with Crippen LogP contribution in [0.15, 0.2) is 204 Å². The lowest BCUT2D eigenvalue weighted by Gasteiger charge is -2.25. The lowest BCUT2D eigenvalue weighted by Crippen LogP contribution is -2.18. The van der Waals surface area contributed by atoms with Crippen LogP contribution in [0.2, 0.25) is 0 Å². The van der Waals surface area contributed by atoms with Crippen molar-refractivity contribution in [2.45, 2.75) is 38.8 Å². The van der Waals surface area contributed by atoms with Crippen LogP contribution in [-0.4, -0.2) is 44.6 Å². The van der Waals surface area contributed by atoms with Gasteiger partial charge in [0.25, 0.3) is 0 Å². The Labute approximate surface area is 406 Å². The molecule has 0 spiro atoms. The molecule has 10 aromatic rings. The molecule has 2 N–H and O–H groups in total. The zero-order valence-corrected chi connectivity index (χ0v) is 39.0. The topological polar surface area (TPSA) is 107 Å². The molecule has 342 valence electrons. The van der Waals surface area contributed by atoms with Crippen molar-refractivity contribution in [1.82, 2.24) is 19.9 Å². The Kier molecular flexibility index (Phi) is 11.2. The van der Waals surface area contributed by atoms with Crippen LogP contribution in [0.4, 0.5) is 11.4 Å². The molecule has 4 heterocycles. The van der Waals surface area contributed by atoms with Gasteiger partial charge in [-0.3, -0.25) is 10.0 Å². The summed E-state index contributed by atoms with van der Waals surface area (Å²) >= 11 is 0. The van der Waals surface area contributed by atoms with E-state index in [9.17, 15) is 0 Å². The van der Waals surface area contributed by atoms with E-state index in [1.54, 1.807) is 0 Å². The number of para-hydroxylation sites is 4. The lowest BCUT2D eigenvalue weighted by molar-refractivity contribution is 0.340. The number of anilines is 2. The maximum Gasteiger partial charge on any atom is 0.138 e. The lowest BCUT2D eigenvalue weighted by atomic mass is 9.94. The van der Waals surface area contributed by atoms with Crippen molar-refractivity contribution in [2.75, 3.05) is 23.2 Å². The number of aromatic nitrogens is 4. The Hall–Kier alpha value is -8.76. The summed E-state index contributed by atoms with van der Waals surface area (Å²) in [6, 6.07) is 67.8. The van der Waals surface area contributed by atoms with E-state index in [2.05, 4.69) is 153 Å². The predicted octanol–water partition coefficient (Wildman–Crippen LogP) is 13.9. The fourth-order valence-corrected chi connectivity index (χ4v) is 9.70. The van der Waals surface area contributed by atoms with Crippen LogP contribution in [0, 0.1) is 0 Å². The van der Waals surface area contributed by atoms with Crippen molar-refractivity contribution in [1.29, 1.82) is 0 Å². The number of hydrogen-bond donors (Lipinski definition) is 2. The van der Waals surface area contributed by atoms with E-state index in [1.165, 1.54) is 11.1 Å². The van der Waals surface area contributed by atoms with Gasteiger partial charge in [-0.15, -0.1) is 0 Å². The third-order valence-corrected chi connectivity index (χ3v) is 13.3. The maximum atomic E-state index is 5.76. The highest BCUT2D eigenvalue weighted by atomic mass is 16.5. The monoisotopic (exact) mass is 914 g/mol. The van der Waals surface area contributed by atoms with Gasteiger partial charge in [0, 0.05) is 24.0 Å². The quantitative estimate of drug-likeness (QED) is 0.119. The average Bonchev–Trinajstić information content (AvgIpc) is 4.25. The molecular formula is C60H50N8O2. The largest absolute Gasteiger partial charge is 0.494 e. The molecule has 2 aromatic heterocycles. The van der Waals surface area contributed by atoms with Crippen LogP contribution >= 0.6 is 0 Å². The van der Waals surface area contributed by atoms with Crippen molar-refractivity contribution < 1.29 is 9.47 Å². The summed E-state index contributed by atoms with van der Waals surface area (Å²) in [5.74, 6) is 3.41. The molecule has 2 atom stereocenters. The summed E-state index contributed by atoms with van der Waals surface area (Å²) in [7, 11) is 0. The van der Waals surface area contributed by atoms with Gasteiger partial charge in [-0.05, 0) is 169 Å². The van der Waals surface area contributed by atoms with Crippen molar-refractivity contribution in [3.05, 3.63) is 216 Å². The van der Waals surface area contributed by atoms with Gasteiger partial charge in [0.2, 0.25) is 0 Å². The summed E-state index contributed by atoms with van der Waals surface area (Å²) in [6.07, 6.45) is 1.52. The van der Waals surface area contributed by atoms with E-state index >= 15 is 0 Å². The number of imidazole rings is 2. The van der Waals surface area contributed by atoms with Gasteiger partial charge >= 0.3 is 0 Å². The zero-order valence-electron chi connectivity index (χ0n) is 39.0. The van der Waals surface area contributed by atoms with Crippen molar-refractivity contribution >= 4 is 44.9 Å². The molecule has 2 aliphatic rings. The second-order valence-corrected chi connectivity index (χ2v) is 17.7. The first-order chi connectivity index (χ1) is 34.5. The summed E-state index contributed by atoms with van der Waals surface area (Å²) in [4.78, 5) is 16.6. The van der Waals surface area contributed by atoms with Crippen LogP contribution in [0.1, 0.15) is 61.0 Å². The molecule has 0 fully saturated rings. The van der Waals surface area contributed by atoms with E-state index in [0.29, 0.717) is 13.2 Å². The van der Waals surface area contributed by atoms with Crippen LogP contribution in [-0.2, 0) is 0 Å². The number of ether oxygens (including phenoxy) is 2. The minimum absolute atomic E-state index is 0.000690. The first kappa shape index (κ1) is 42.6. The molecule has 2 aliphatic heterocycles. The Bertz CT molecular complexity index is 3200. The van der Waals surface area contributed by atoms with Gasteiger partial charge in [-0.25, -0.2) is 9.97 Å². The molecule has 0 saturated heterocycles. The Balaban J connectivity index is 0.808. The number of benzene rings is 8. The summed E-state index contributed by atoms with van der Waals surface area (Å²) < 4.78 is 11.5. The minimum atomic E-state index is 0.000690. The number of rotatable bonds is 13. The van der Waals surface area contributed by atoms with Crippen molar-refractivity contribution in [3.63, 3.8) is 0 Å². The molecule has 0 aliphatic carbocycles. The predicted molar refractivity (Wildman–Crippen MR) is 283 cm³/mol. The Morgan fingerprint density at radius 3 is 1.14 bits per heavy atom. The first-order valence-corrected chi connectivity index (χ1v) is 24.0. The fourth-order valence-electron chi connectivity index (χ4n) is 9.70. The molecule has 0 amide bonds. The number of fused-ring (bicyclic) bond motifs is 2. The molecular weight excluding hydrogens is 865 g/mol. The fraction of sp³-hybridized carbons (Fsp3) is 0.133. The van der Waals surface area contributed by atoms with Gasteiger partial charge in [0.1, 0.15) is 23.1 Å². The highest BCUT2D eigenvalue weighted by molar-refractivity contribution is 6.04. The van der Waals surface area contributed by atoms with Gasteiger partial charge in [-0.2, -0.15) is 10.2 Å². The minimum Gasteiger partial charge on any atom is -0.494 e. The number of H-pyrrole nitrogens is 2. The van der Waals surface area contributed by atoms with Gasteiger partial charge in [0.05, 0.1) is 70.2 Å². The summed E-state index contributed by atoms with van der Waals surface area (Å²) in [5.41, 5.74) is 17.0. The molecule has 10 nitrogen and oxygen atoms in total. The van der Waals surface area contributed by atoms with Crippen molar-refractivity contribution in [2.24, 2.45) is 10.2 Å². The standard InChI is InChI=1S/C60H50N8O2/c1-3-69-49-33-25-41(26-34-49)55-37-57(67(65-55)47-29-21-45(22-30-47)59-61-51-9-5-6-10-52(51)62-59)43-17-13-39(14-18-43)40-15-19-44(20-16-40)58-38-56(42-27-35-50(36-28-42)70-4-2)66-68(58)48-31-23-46(24-32-48)60-63-53-11-7-8-12-54(53)64-60/h5-36,57-58H,3-4,37-38H2,1-2H3,(H,61,62)(H,63,64). The van der Waals surface area contributed by atoms with E-state index in [4.69, 9.17) is 29.6 Å². The SMILES string of the molecule is CCOc1ccc(C2=NN(c3ccc(-c4nc5ccccc5[nH]4)cc3)C(c3ccc(-c4ccc(C5CC(c6ccc(OCC)cc6)=NN5c5ccc(-c6nc7ccccc7[nH]6)cc5)cc4)cc3)C2)cc1. The first-order valence-electron chi connectivity index (χ1n) is 24.0. The number of hydrazone groups is 2. The Morgan fingerprint density at radius 2 is 0.771 bits per heavy atom. The molecule has 2 unspecified atom stereocenters.